The molecule has 0 atom stereocenters. The fourth-order valence-corrected chi connectivity index (χ4v) is 8.58. The Balaban J connectivity index is 1.19. The lowest BCUT2D eigenvalue weighted by molar-refractivity contribution is 1.19. The van der Waals surface area contributed by atoms with Crippen LogP contribution in [0.3, 0.4) is 0 Å². The summed E-state index contributed by atoms with van der Waals surface area (Å²) in [5, 5.41) is 7.57. The van der Waals surface area contributed by atoms with Gasteiger partial charge in [-0.1, -0.05) is 115 Å². The molecule has 0 spiro atoms. The summed E-state index contributed by atoms with van der Waals surface area (Å²) < 4.78 is 5.04. The molecule has 49 heavy (non-hydrogen) atoms. The first-order chi connectivity index (χ1) is 24.3. The lowest BCUT2D eigenvalue weighted by Gasteiger charge is -2.26. The summed E-state index contributed by atoms with van der Waals surface area (Å²) in [6.45, 7) is 0. The van der Waals surface area contributed by atoms with Crippen molar-refractivity contribution in [2.24, 2.45) is 0 Å². The first-order valence-electron chi connectivity index (χ1n) is 16.7. The van der Waals surface area contributed by atoms with Crippen molar-refractivity contribution in [2.75, 3.05) is 4.90 Å². The Morgan fingerprint density at radius 2 is 1.00 bits per heavy atom. The molecule has 230 valence electrons. The molecule has 2 heterocycles. The van der Waals surface area contributed by atoms with Crippen LogP contribution < -0.4 is 4.90 Å². The molecular weight excluding hydrogens is 613 g/mol. The maximum atomic E-state index is 2.42. The number of thiophene rings is 1. The third kappa shape index (κ3) is 4.55. The van der Waals surface area contributed by atoms with Crippen LogP contribution >= 0.6 is 11.3 Å². The van der Waals surface area contributed by atoms with Gasteiger partial charge >= 0.3 is 0 Å². The van der Waals surface area contributed by atoms with Gasteiger partial charge in [-0.2, -0.15) is 0 Å². The second kappa shape index (κ2) is 11.2. The van der Waals surface area contributed by atoms with Crippen LogP contribution in [0.4, 0.5) is 17.1 Å². The number of para-hydroxylation sites is 2. The van der Waals surface area contributed by atoms with Crippen molar-refractivity contribution in [3.8, 4) is 16.8 Å². The number of aromatic nitrogens is 1. The minimum absolute atomic E-state index is 1.12. The van der Waals surface area contributed by atoms with Gasteiger partial charge in [-0.05, 0) is 83.2 Å². The largest absolute Gasteiger partial charge is 0.310 e. The van der Waals surface area contributed by atoms with Crippen LogP contribution in [0, 0.1) is 0 Å². The lowest BCUT2D eigenvalue weighted by atomic mass is 10.0. The number of nitrogens with zero attached hydrogens (tertiary/aromatic N) is 2. The number of rotatable bonds is 5. The zero-order valence-electron chi connectivity index (χ0n) is 26.6. The predicted octanol–water partition coefficient (Wildman–Crippen LogP) is 13.4. The molecule has 0 aliphatic heterocycles. The van der Waals surface area contributed by atoms with Crippen LogP contribution in [0.2, 0.25) is 0 Å². The number of fused-ring (bicyclic) bond motifs is 8. The van der Waals surface area contributed by atoms with Gasteiger partial charge in [-0.25, -0.2) is 0 Å². The summed E-state index contributed by atoms with van der Waals surface area (Å²) in [6.07, 6.45) is 0. The van der Waals surface area contributed by atoms with Crippen molar-refractivity contribution in [3.05, 3.63) is 182 Å². The van der Waals surface area contributed by atoms with Crippen molar-refractivity contribution >= 4 is 81.1 Å². The maximum absolute atomic E-state index is 2.42. The van der Waals surface area contributed by atoms with Gasteiger partial charge in [0.15, 0.2) is 0 Å². The molecule has 0 fully saturated rings. The van der Waals surface area contributed by atoms with Gasteiger partial charge in [0.1, 0.15) is 0 Å². The van der Waals surface area contributed by atoms with Crippen molar-refractivity contribution < 1.29 is 0 Å². The van der Waals surface area contributed by atoms with E-state index >= 15 is 0 Å². The standard InChI is InChI=1S/C46H30N2S/c1-3-11-31(12-4-1)32-19-22-35(23-20-32)47(37-25-28-45-42(30-37)40-16-8-10-18-44(40)49-45)36-24-27-38-33(29-36)21-26-41-39-15-7-9-17-43(39)48(46(38)41)34-13-5-2-6-14-34/h1-30H. The van der Waals surface area contributed by atoms with Crippen LogP contribution in [0.25, 0.3) is 69.6 Å². The van der Waals surface area contributed by atoms with E-state index in [1.165, 1.54) is 69.6 Å². The third-order valence-corrected chi connectivity index (χ3v) is 10.9. The molecule has 0 radical (unpaired) electrons. The molecular formula is C46H30N2S. The normalized spacial score (nSPS) is 11.7. The van der Waals surface area contributed by atoms with E-state index < -0.39 is 0 Å². The summed E-state index contributed by atoms with van der Waals surface area (Å²) in [5.74, 6) is 0. The van der Waals surface area contributed by atoms with E-state index in [1.54, 1.807) is 0 Å². The van der Waals surface area contributed by atoms with Gasteiger partial charge in [0.25, 0.3) is 0 Å². The van der Waals surface area contributed by atoms with E-state index in [0.29, 0.717) is 0 Å². The number of benzene rings is 8. The predicted molar refractivity (Wildman–Crippen MR) is 211 cm³/mol. The van der Waals surface area contributed by atoms with Gasteiger partial charge < -0.3 is 9.47 Å². The summed E-state index contributed by atoms with van der Waals surface area (Å²) in [4.78, 5) is 2.40. The Bertz CT molecular complexity index is 2810. The first kappa shape index (κ1) is 27.9. The molecule has 0 aliphatic carbocycles. The van der Waals surface area contributed by atoms with Crippen LogP contribution in [0.15, 0.2) is 182 Å². The molecule has 8 aromatic carbocycles. The highest BCUT2D eigenvalue weighted by Gasteiger charge is 2.18. The molecule has 0 bridgehead atoms. The quantitative estimate of drug-likeness (QED) is 0.181. The molecule has 0 N–H and O–H groups in total. The second-order valence-corrected chi connectivity index (χ2v) is 13.7. The molecule has 0 amide bonds. The topological polar surface area (TPSA) is 8.17 Å². The zero-order valence-corrected chi connectivity index (χ0v) is 27.4. The smallest absolute Gasteiger partial charge is 0.0619 e. The second-order valence-electron chi connectivity index (χ2n) is 12.6. The lowest BCUT2D eigenvalue weighted by Crippen LogP contribution is -2.09. The molecule has 10 rings (SSSR count). The minimum Gasteiger partial charge on any atom is -0.310 e. The Morgan fingerprint density at radius 3 is 1.84 bits per heavy atom. The Kier molecular flexibility index (Phi) is 6.39. The summed E-state index contributed by atoms with van der Waals surface area (Å²) in [5.41, 5.74) is 9.44. The molecule has 3 heteroatoms. The monoisotopic (exact) mass is 642 g/mol. The van der Waals surface area contributed by atoms with Crippen LogP contribution in [0.5, 0.6) is 0 Å². The van der Waals surface area contributed by atoms with Crippen molar-refractivity contribution in [1.29, 1.82) is 0 Å². The molecule has 0 aliphatic rings. The number of hydrogen-bond donors (Lipinski definition) is 0. The van der Waals surface area contributed by atoms with E-state index in [2.05, 4.69) is 191 Å². The minimum atomic E-state index is 1.12. The fourth-order valence-electron chi connectivity index (χ4n) is 7.49. The third-order valence-electron chi connectivity index (χ3n) is 9.76. The van der Waals surface area contributed by atoms with E-state index in [9.17, 15) is 0 Å². The van der Waals surface area contributed by atoms with Crippen LogP contribution in [0.1, 0.15) is 0 Å². The number of anilines is 3. The number of hydrogen-bond acceptors (Lipinski definition) is 2. The van der Waals surface area contributed by atoms with Gasteiger partial charge in [0.2, 0.25) is 0 Å². The highest BCUT2D eigenvalue weighted by molar-refractivity contribution is 7.25. The molecule has 0 saturated carbocycles. The molecule has 2 nitrogen and oxygen atoms in total. The Morgan fingerprint density at radius 1 is 0.388 bits per heavy atom. The average Bonchev–Trinajstić information content (AvgIpc) is 3.72. The van der Waals surface area contributed by atoms with Gasteiger partial charge in [-0.3, -0.25) is 0 Å². The fraction of sp³-hybridized carbons (Fsp3) is 0. The summed E-state index contributed by atoms with van der Waals surface area (Å²) in [7, 11) is 0. The van der Waals surface area contributed by atoms with E-state index in [4.69, 9.17) is 0 Å². The zero-order chi connectivity index (χ0) is 32.3. The van der Waals surface area contributed by atoms with Crippen molar-refractivity contribution in [3.63, 3.8) is 0 Å². The Labute approximate surface area is 288 Å². The first-order valence-corrected chi connectivity index (χ1v) is 17.5. The van der Waals surface area contributed by atoms with E-state index in [1.807, 2.05) is 11.3 Å². The highest BCUT2D eigenvalue weighted by Crippen LogP contribution is 2.43. The van der Waals surface area contributed by atoms with Gasteiger partial charge in [-0.15, -0.1) is 11.3 Å². The Hall–Kier alpha value is -6.16. The van der Waals surface area contributed by atoms with Crippen molar-refractivity contribution in [1.82, 2.24) is 4.57 Å². The maximum Gasteiger partial charge on any atom is 0.0619 e. The van der Waals surface area contributed by atoms with E-state index in [-0.39, 0.29) is 0 Å². The summed E-state index contributed by atoms with van der Waals surface area (Å²) in [6, 6.07) is 66.2. The molecule has 0 saturated heterocycles. The van der Waals surface area contributed by atoms with E-state index in [0.717, 1.165) is 17.1 Å². The molecule has 2 aromatic heterocycles. The van der Waals surface area contributed by atoms with Gasteiger partial charge in [0, 0.05) is 59.1 Å². The SMILES string of the molecule is c1ccc(-c2ccc(N(c3ccc4c(ccc5c6ccccc6n(-c6ccccc6)c45)c3)c3ccc4sc5ccccc5c4c3)cc2)cc1. The van der Waals surface area contributed by atoms with Crippen molar-refractivity contribution in [2.45, 2.75) is 0 Å². The molecule has 10 aromatic rings. The molecule has 0 unspecified atom stereocenters. The summed E-state index contributed by atoms with van der Waals surface area (Å²) >= 11 is 1.86. The van der Waals surface area contributed by atoms with Crippen LogP contribution in [-0.2, 0) is 0 Å². The van der Waals surface area contributed by atoms with Crippen LogP contribution in [-0.4, -0.2) is 4.57 Å². The van der Waals surface area contributed by atoms with Gasteiger partial charge in [0.05, 0.1) is 11.0 Å². The average molecular weight is 643 g/mol. The highest BCUT2D eigenvalue weighted by atomic mass is 32.1.